The molecule has 1 unspecified atom stereocenters. The van der Waals surface area contributed by atoms with Gasteiger partial charge in [-0.15, -0.1) is 0 Å². The summed E-state index contributed by atoms with van der Waals surface area (Å²) >= 11 is 0. The number of nitrogens with zero attached hydrogens (tertiary/aromatic N) is 2. The molecule has 0 bridgehead atoms. The maximum Gasteiger partial charge on any atom is 0.234 e. The highest BCUT2D eigenvalue weighted by Gasteiger charge is 2.17. The molecule has 2 rings (SSSR count). The molecule has 0 heterocycles. The van der Waals surface area contributed by atoms with E-state index in [-0.39, 0.29) is 28.2 Å². The molecule has 0 saturated heterocycles. The Morgan fingerprint density at radius 2 is 1.35 bits per heavy atom. The quantitative estimate of drug-likeness (QED) is 0.192. The fourth-order valence-electron chi connectivity index (χ4n) is 2.89. The number of anilines is 2. The van der Waals surface area contributed by atoms with Crippen LogP contribution in [0.4, 0.5) is 11.4 Å². The second kappa shape index (κ2) is 12.4. The maximum absolute atomic E-state index is 12.6. The number of hydrogen-bond donors (Lipinski definition) is 2. The van der Waals surface area contributed by atoms with E-state index in [9.17, 15) is 31.7 Å². The predicted octanol–water partition coefficient (Wildman–Crippen LogP) is 3.55. The van der Waals surface area contributed by atoms with Crippen molar-refractivity contribution in [3.63, 3.8) is 0 Å². The van der Waals surface area contributed by atoms with E-state index in [4.69, 9.17) is 6.57 Å². The van der Waals surface area contributed by atoms with Crippen molar-refractivity contribution in [1.29, 1.82) is 5.26 Å². The largest absolute Gasteiger partial charge is 0.302 e. The van der Waals surface area contributed by atoms with E-state index >= 15 is 0 Å². The number of rotatable bonds is 11. The van der Waals surface area contributed by atoms with Crippen molar-refractivity contribution in [3.05, 3.63) is 107 Å². The van der Waals surface area contributed by atoms with Gasteiger partial charge in [-0.3, -0.25) is 14.2 Å². The van der Waals surface area contributed by atoms with Crippen LogP contribution < -0.4 is 9.44 Å². The zero-order chi connectivity index (χ0) is 27.6. The Labute approximate surface area is 215 Å². The number of ketones is 2. The lowest BCUT2D eigenvalue weighted by Crippen LogP contribution is -2.12. The van der Waals surface area contributed by atoms with E-state index < -0.39 is 37.5 Å². The fraction of sp³-hybridized carbons (Fsp3) is 0.120. The Morgan fingerprint density at radius 1 is 0.865 bits per heavy atom. The van der Waals surface area contributed by atoms with Gasteiger partial charge in [0.05, 0.1) is 25.2 Å². The van der Waals surface area contributed by atoms with Crippen molar-refractivity contribution in [2.45, 2.75) is 0 Å². The number of nitrogens with one attached hydrogen (secondary N) is 2. The molecule has 0 aromatic heterocycles. The first-order valence-corrected chi connectivity index (χ1v) is 14.2. The molecule has 190 valence electrons. The second-order valence-corrected chi connectivity index (χ2v) is 11.1. The van der Waals surface area contributed by atoms with Crippen molar-refractivity contribution >= 4 is 43.0 Å². The first kappa shape index (κ1) is 28.7. The number of Topliss-reactive ketones (excluding diaryl/α,β-unsaturated/α-hetero) is 2. The highest BCUT2D eigenvalue weighted by Crippen LogP contribution is 2.16. The standard InChI is InChI=1S/C25H22N4O6S2/c1-27-23(25(31)19-11-15-22(16-12-19)29-37(3,34)35)8-6-4-5-7-20(17-26)24(30)18-9-13-21(14-10-18)28-36(2,32)33/h4-16,20,28-29H,2-3H3. The normalized spacial score (nSPS) is 13.0. The first-order valence-electron chi connectivity index (χ1n) is 10.4. The number of allylic oxidation sites excluding steroid dienone is 6. The molecule has 1 atom stereocenters. The summed E-state index contributed by atoms with van der Waals surface area (Å²) in [6, 6.07) is 13.1. The van der Waals surface area contributed by atoms with Crippen molar-refractivity contribution in [3.8, 4) is 6.07 Å². The smallest absolute Gasteiger partial charge is 0.234 e. The number of carbonyl (C=O) groups is 2. The number of nitriles is 1. The van der Waals surface area contributed by atoms with Crippen LogP contribution in [0.1, 0.15) is 20.7 Å². The predicted molar refractivity (Wildman–Crippen MR) is 141 cm³/mol. The molecule has 0 radical (unpaired) electrons. The lowest BCUT2D eigenvalue weighted by atomic mass is 9.98. The average Bonchev–Trinajstić information content (AvgIpc) is 2.82. The minimum atomic E-state index is -3.46. The minimum Gasteiger partial charge on any atom is -0.302 e. The molecule has 0 spiro atoms. The summed E-state index contributed by atoms with van der Waals surface area (Å²) in [6.07, 6.45) is 8.92. The molecule has 2 N–H and O–H groups in total. The molecule has 0 aliphatic heterocycles. The van der Waals surface area contributed by atoms with Gasteiger partial charge in [0, 0.05) is 22.5 Å². The molecule has 2 aromatic rings. The molecule has 0 aliphatic rings. The van der Waals surface area contributed by atoms with Gasteiger partial charge >= 0.3 is 0 Å². The van der Waals surface area contributed by atoms with E-state index in [2.05, 4.69) is 14.3 Å². The molecular weight excluding hydrogens is 516 g/mol. The van der Waals surface area contributed by atoms with Crippen LogP contribution in [-0.2, 0) is 20.0 Å². The third-order valence-corrected chi connectivity index (χ3v) is 5.69. The Balaban J connectivity index is 2.06. The zero-order valence-electron chi connectivity index (χ0n) is 19.7. The van der Waals surface area contributed by atoms with E-state index in [1.807, 2.05) is 6.07 Å². The van der Waals surface area contributed by atoms with Crippen LogP contribution >= 0.6 is 0 Å². The molecule has 0 saturated carbocycles. The summed E-state index contributed by atoms with van der Waals surface area (Å²) in [7, 11) is -6.92. The average molecular weight is 539 g/mol. The Kier molecular flexibility index (Phi) is 9.66. The zero-order valence-corrected chi connectivity index (χ0v) is 21.4. The number of carbonyl (C=O) groups excluding carboxylic acids is 2. The van der Waals surface area contributed by atoms with E-state index in [0.29, 0.717) is 0 Å². The van der Waals surface area contributed by atoms with Gasteiger partial charge in [-0.2, -0.15) is 5.26 Å². The summed E-state index contributed by atoms with van der Waals surface area (Å²) in [4.78, 5) is 28.3. The summed E-state index contributed by atoms with van der Waals surface area (Å²) in [6.45, 7) is 7.26. The summed E-state index contributed by atoms with van der Waals surface area (Å²) < 4.78 is 49.6. The lowest BCUT2D eigenvalue weighted by Gasteiger charge is -2.06. The Morgan fingerprint density at radius 3 is 1.78 bits per heavy atom. The van der Waals surface area contributed by atoms with Gasteiger partial charge in [0.15, 0.2) is 11.6 Å². The van der Waals surface area contributed by atoms with Gasteiger partial charge in [0.1, 0.15) is 5.92 Å². The van der Waals surface area contributed by atoms with Crippen molar-refractivity contribution in [2.24, 2.45) is 5.92 Å². The van der Waals surface area contributed by atoms with Crippen LogP contribution in [0.15, 0.2) is 84.6 Å². The van der Waals surface area contributed by atoms with Gasteiger partial charge in [-0.05, 0) is 36.4 Å². The summed E-state index contributed by atoms with van der Waals surface area (Å²) in [5.74, 6) is -2.16. The fourth-order valence-corrected chi connectivity index (χ4v) is 4.02. The lowest BCUT2D eigenvalue weighted by molar-refractivity contribution is 0.0967. The SMILES string of the molecule is [C-]#[N+]C(=CC=CC=CC(C#N)C(=O)c1ccc(NS(C)(=O)=O)cc1)C(=O)c1ccc(NS(C)(=O)=O)cc1. The van der Waals surface area contributed by atoms with Gasteiger partial charge < -0.3 is 4.79 Å². The van der Waals surface area contributed by atoms with Crippen LogP contribution in [0.3, 0.4) is 0 Å². The van der Waals surface area contributed by atoms with Crippen molar-refractivity contribution in [2.75, 3.05) is 22.0 Å². The van der Waals surface area contributed by atoms with Crippen LogP contribution in [0.2, 0.25) is 0 Å². The van der Waals surface area contributed by atoms with Crippen LogP contribution in [0.5, 0.6) is 0 Å². The van der Waals surface area contributed by atoms with Gasteiger partial charge in [-0.25, -0.2) is 21.7 Å². The Bertz CT molecular complexity index is 1560. The van der Waals surface area contributed by atoms with Gasteiger partial charge in [-0.1, -0.05) is 42.5 Å². The number of sulfonamides is 2. The van der Waals surface area contributed by atoms with Gasteiger partial charge in [0.25, 0.3) is 0 Å². The minimum absolute atomic E-state index is 0.191. The summed E-state index contributed by atoms with van der Waals surface area (Å²) in [5.41, 5.74) is 0.783. The van der Waals surface area contributed by atoms with Crippen LogP contribution in [-0.4, -0.2) is 40.9 Å². The van der Waals surface area contributed by atoms with E-state index in [0.717, 1.165) is 12.5 Å². The number of benzene rings is 2. The first-order chi connectivity index (χ1) is 17.3. The second-order valence-electron chi connectivity index (χ2n) is 7.64. The molecular formula is C25H22N4O6S2. The van der Waals surface area contributed by atoms with E-state index in [1.165, 1.54) is 78.9 Å². The van der Waals surface area contributed by atoms with E-state index in [1.54, 1.807) is 0 Å². The van der Waals surface area contributed by atoms with Crippen LogP contribution in [0, 0.1) is 23.8 Å². The molecule has 0 aliphatic carbocycles. The third kappa shape index (κ3) is 9.57. The van der Waals surface area contributed by atoms with Crippen molar-refractivity contribution < 1.29 is 26.4 Å². The molecule has 10 nitrogen and oxygen atoms in total. The third-order valence-electron chi connectivity index (χ3n) is 4.48. The highest BCUT2D eigenvalue weighted by atomic mass is 32.2. The highest BCUT2D eigenvalue weighted by molar-refractivity contribution is 7.92. The van der Waals surface area contributed by atoms with Gasteiger partial charge in [0.2, 0.25) is 25.7 Å². The molecule has 2 aromatic carbocycles. The number of hydrogen-bond acceptors (Lipinski definition) is 7. The van der Waals surface area contributed by atoms with Crippen molar-refractivity contribution in [1.82, 2.24) is 0 Å². The molecule has 0 amide bonds. The molecule has 37 heavy (non-hydrogen) atoms. The Hall–Kier alpha value is -4.52. The monoisotopic (exact) mass is 538 g/mol. The topological polar surface area (TPSA) is 155 Å². The molecule has 0 fully saturated rings. The molecule has 12 heteroatoms. The maximum atomic E-state index is 12.6. The summed E-state index contributed by atoms with van der Waals surface area (Å²) in [5, 5.41) is 9.36. The van der Waals surface area contributed by atoms with Crippen LogP contribution in [0.25, 0.3) is 4.85 Å².